The molecule has 0 aromatic heterocycles. The van der Waals surface area contributed by atoms with Crippen molar-refractivity contribution in [2.75, 3.05) is 26.2 Å². The Morgan fingerprint density at radius 1 is 0.450 bits per heavy atom. The van der Waals surface area contributed by atoms with E-state index in [4.69, 9.17) is 15.3 Å². The van der Waals surface area contributed by atoms with Crippen LogP contribution in [0.3, 0.4) is 0 Å². The van der Waals surface area contributed by atoms with E-state index in [1.54, 1.807) is 0 Å². The van der Waals surface area contributed by atoms with Crippen LogP contribution in [0.1, 0.15) is 155 Å². The number of rotatable bonds is 31. The molecule has 0 radical (unpaired) electrons. The number of carbonyl (C=O) groups is 3. The summed E-state index contributed by atoms with van der Waals surface area (Å²) in [5.41, 5.74) is 0. The molecular formula is C33H62NO6+. The molecule has 40 heavy (non-hydrogen) atoms. The second-order valence-corrected chi connectivity index (χ2v) is 11.7. The standard InChI is InChI=1S/C33H61NO6/c1-2-3-4-5-6-7-8-9-10-11-12-13-14-15-16-17-18-19-20-27-34(28-21-24-31(35)36,29-22-25-32(37)38)30-23-26-33(39)40/h3-4H,2,5-30H2,1H3,(H2-,35,36,37,38,39,40)/p+1/b4-3+. The molecule has 0 fully saturated rings. The van der Waals surface area contributed by atoms with Gasteiger partial charge < -0.3 is 19.8 Å². The zero-order valence-corrected chi connectivity index (χ0v) is 25.8. The van der Waals surface area contributed by atoms with Gasteiger partial charge in [-0.2, -0.15) is 0 Å². The molecule has 0 heterocycles. The molecule has 0 spiro atoms. The Bertz CT molecular complexity index is 613. The number of nitrogens with zero attached hydrogens (tertiary/aromatic N) is 1. The van der Waals surface area contributed by atoms with Crippen molar-refractivity contribution in [3.8, 4) is 0 Å². The van der Waals surface area contributed by atoms with Gasteiger partial charge in [-0.3, -0.25) is 14.4 Å². The molecule has 0 aliphatic heterocycles. The quantitative estimate of drug-likeness (QED) is 0.0438. The first-order valence-corrected chi connectivity index (χ1v) is 16.5. The van der Waals surface area contributed by atoms with Crippen LogP contribution in [0.25, 0.3) is 0 Å². The topological polar surface area (TPSA) is 112 Å². The van der Waals surface area contributed by atoms with Crippen LogP contribution < -0.4 is 0 Å². The van der Waals surface area contributed by atoms with Gasteiger partial charge in [0.05, 0.1) is 45.4 Å². The molecule has 0 saturated heterocycles. The van der Waals surface area contributed by atoms with Crippen molar-refractivity contribution in [3.05, 3.63) is 12.2 Å². The van der Waals surface area contributed by atoms with Crippen LogP contribution in [0.15, 0.2) is 12.2 Å². The van der Waals surface area contributed by atoms with Gasteiger partial charge in [0.25, 0.3) is 0 Å². The van der Waals surface area contributed by atoms with Crippen LogP contribution in [0.5, 0.6) is 0 Å². The Hall–Kier alpha value is -1.89. The molecule has 0 bridgehead atoms. The molecule has 234 valence electrons. The second kappa shape index (κ2) is 27.3. The van der Waals surface area contributed by atoms with Gasteiger partial charge in [0.15, 0.2) is 0 Å². The highest BCUT2D eigenvalue weighted by atomic mass is 16.4. The Balaban J connectivity index is 4.10. The number of hydrogen-bond acceptors (Lipinski definition) is 3. The lowest BCUT2D eigenvalue weighted by Gasteiger charge is -2.39. The summed E-state index contributed by atoms with van der Waals surface area (Å²) in [6, 6.07) is 0. The van der Waals surface area contributed by atoms with E-state index in [0.717, 1.165) is 25.8 Å². The highest BCUT2D eigenvalue weighted by molar-refractivity contribution is 5.67. The van der Waals surface area contributed by atoms with Gasteiger partial charge >= 0.3 is 17.9 Å². The molecule has 0 amide bonds. The van der Waals surface area contributed by atoms with E-state index in [-0.39, 0.29) is 19.3 Å². The predicted molar refractivity (Wildman–Crippen MR) is 164 cm³/mol. The number of carboxylic acids is 3. The fourth-order valence-corrected chi connectivity index (χ4v) is 5.66. The van der Waals surface area contributed by atoms with Gasteiger partial charge in [-0.15, -0.1) is 0 Å². The van der Waals surface area contributed by atoms with Crippen molar-refractivity contribution in [1.29, 1.82) is 0 Å². The third-order valence-corrected chi connectivity index (χ3v) is 7.97. The number of carboxylic acid groups (broad SMARTS) is 3. The van der Waals surface area contributed by atoms with Crippen molar-refractivity contribution in [2.45, 2.75) is 155 Å². The number of unbranched alkanes of at least 4 members (excludes halogenated alkanes) is 15. The minimum Gasteiger partial charge on any atom is -0.481 e. The molecular weight excluding hydrogens is 506 g/mol. The fourth-order valence-electron chi connectivity index (χ4n) is 5.66. The first-order chi connectivity index (χ1) is 19.3. The van der Waals surface area contributed by atoms with Crippen molar-refractivity contribution in [3.63, 3.8) is 0 Å². The Kier molecular flexibility index (Phi) is 26.0. The molecule has 0 rings (SSSR count). The van der Waals surface area contributed by atoms with Gasteiger partial charge in [0.2, 0.25) is 0 Å². The third kappa shape index (κ3) is 26.3. The number of hydrogen-bond donors (Lipinski definition) is 3. The van der Waals surface area contributed by atoms with E-state index >= 15 is 0 Å². The van der Waals surface area contributed by atoms with Crippen molar-refractivity contribution < 1.29 is 34.2 Å². The lowest BCUT2D eigenvalue weighted by molar-refractivity contribution is -0.929. The normalized spacial score (nSPS) is 11.8. The molecule has 0 atom stereocenters. The average Bonchev–Trinajstić information content (AvgIpc) is 2.89. The van der Waals surface area contributed by atoms with Crippen LogP contribution in [-0.2, 0) is 14.4 Å². The van der Waals surface area contributed by atoms with E-state index < -0.39 is 17.9 Å². The van der Waals surface area contributed by atoms with Crippen molar-refractivity contribution >= 4 is 17.9 Å². The zero-order chi connectivity index (χ0) is 29.7. The van der Waals surface area contributed by atoms with Gasteiger partial charge in [-0.1, -0.05) is 96.1 Å². The molecule has 3 N–H and O–H groups in total. The highest BCUT2D eigenvalue weighted by Gasteiger charge is 2.27. The molecule has 0 aliphatic rings. The number of allylic oxidation sites excluding steroid dienone is 2. The lowest BCUT2D eigenvalue weighted by atomic mass is 10.0. The van der Waals surface area contributed by atoms with Gasteiger partial charge in [-0.25, -0.2) is 0 Å². The van der Waals surface area contributed by atoms with Crippen LogP contribution >= 0.6 is 0 Å². The van der Waals surface area contributed by atoms with Crippen molar-refractivity contribution in [1.82, 2.24) is 0 Å². The lowest BCUT2D eigenvalue weighted by Crippen LogP contribution is -2.51. The molecule has 0 unspecified atom stereocenters. The number of aliphatic carboxylic acids is 3. The van der Waals surface area contributed by atoms with Crippen LogP contribution in [0, 0.1) is 0 Å². The van der Waals surface area contributed by atoms with E-state index in [2.05, 4.69) is 19.1 Å². The van der Waals surface area contributed by atoms with Crippen LogP contribution in [-0.4, -0.2) is 63.9 Å². The Labute approximate surface area is 245 Å². The monoisotopic (exact) mass is 568 g/mol. The fraction of sp³-hybridized carbons (Fsp3) is 0.848. The van der Waals surface area contributed by atoms with Crippen LogP contribution in [0.2, 0.25) is 0 Å². The minimum atomic E-state index is -0.823. The number of quaternary nitrogens is 1. The Morgan fingerprint density at radius 3 is 1.07 bits per heavy atom. The summed E-state index contributed by atoms with van der Waals surface area (Å²) in [7, 11) is 0. The summed E-state index contributed by atoms with van der Waals surface area (Å²) in [6.45, 7) is 5.06. The maximum absolute atomic E-state index is 11.1. The molecule has 0 aliphatic carbocycles. The molecule has 7 heteroatoms. The summed E-state index contributed by atoms with van der Waals surface area (Å²) in [5, 5.41) is 27.3. The molecule has 0 saturated carbocycles. The smallest absolute Gasteiger partial charge is 0.303 e. The highest BCUT2D eigenvalue weighted by Crippen LogP contribution is 2.19. The van der Waals surface area contributed by atoms with Gasteiger partial charge in [0, 0.05) is 19.3 Å². The van der Waals surface area contributed by atoms with Crippen molar-refractivity contribution in [2.24, 2.45) is 0 Å². The Morgan fingerprint density at radius 2 is 0.750 bits per heavy atom. The summed E-state index contributed by atoms with van der Waals surface area (Å²) < 4.78 is 0.643. The van der Waals surface area contributed by atoms with Gasteiger partial charge in [-0.05, 0) is 32.1 Å². The summed E-state index contributed by atoms with van der Waals surface area (Å²) >= 11 is 0. The maximum atomic E-state index is 11.1. The summed E-state index contributed by atoms with van der Waals surface area (Å²) in [4.78, 5) is 33.2. The zero-order valence-electron chi connectivity index (χ0n) is 25.8. The minimum absolute atomic E-state index is 0.0923. The SMILES string of the molecule is CC/C=C/CCCCCCCCCCCCCCCCC[N+](CCCC(=O)O)(CCCC(=O)O)CCCC(=O)O. The molecule has 0 aromatic carbocycles. The van der Waals surface area contributed by atoms with Gasteiger partial charge in [0.1, 0.15) is 0 Å². The third-order valence-electron chi connectivity index (χ3n) is 7.97. The first-order valence-electron chi connectivity index (χ1n) is 16.5. The molecule has 0 aromatic rings. The van der Waals surface area contributed by atoms with E-state index in [1.807, 2.05) is 0 Å². The predicted octanol–water partition coefficient (Wildman–Crippen LogP) is 8.61. The first kappa shape index (κ1) is 38.1. The van der Waals surface area contributed by atoms with E-state index in [9.17, 15) is 14.4 Å². The maximum Gasteiger partial charge on any atom is 0.303 e. The largest absolute Gasteiger partial charge is 0.481 e. The van der Waals surface area contributed by atoms with E-state index in [0.29, 0.717) is 43.4 Å². The van der Waals surface area contributed by atoms with E-state index in [1.165, 1.54) is 89.9 Å². The second-order valence-electron chi connectivity index (χ2n) is 11.7. The summed E-state index contributed by atoms with van der Waals surface area (Å²) in [5.74, 6) is -2.47. The average molecular weight is 569 g/mol. The summed E-state index contributed by atoms with van der Waals surface area (Å²) in [6.07, 6.45) is 28.3. The molecule has 7 nitrogen and oxygen atoms in total. The van der Waals surface area contributed by atoms with Crippen LogP contribution in [0.4, 0.5) is 0 Å².